The molecule has 61 valence electrons. The standard InChI is InChI=1S/C10H21/c1-6-10(4,5)8-7-9(2)3/h6-8H2,1-5H3. The zero-order chi connectivity index (χ0) is 8.20. The van der Waals surface area contributed by atoms with E-state index in [1.54, 1.807) is 5.92 Å². The Morgan fingerprint density at radius 3 is 2.00 bits per heavy atom. The highest BCUT2D eigenvalue weighted by Crippen LogP contribution is 2.28. The molecular weight excluding hydrogens is 120 g/mol. The van der Waals surface area contributed by atoms with Crippen molar-refractivity contribution in [1.29, 1.82) is 0 Å². The molecule has 0 N–H and O–H groups in total. The Bertz CT molecular complexity index is 80.0. The van der Waals surface area contributed by atoms with E-state index < -0.39 is 0 Å². The van der Waals surface area contributed by atoms with E-state index in [1.165, 1.54) is 19.3 Å². The molecule has 0 rings (SSSR count). The Morgan fingerprint density at radius 1 is 1.20 bits per heavy atom. The lowest BCUT2D eigenvalue weighted by Crippen LogP contribution is -2.09. The van der Waals surface area contributed by atoms with Crippen molar-refractivity contribution in [1.82, 2.24) is 0 Å². The van der Waals surface area contributed by atoms with E-state index in [0.29, 0.717) is 5.41 Å². The molecule has 0 saturated carbocycles. The summed E-state index contributed by atoms with van der Waals surface area (Å²) in [7, 11) is 0. The third kappa shape index (κ3) is 4.84. The first-order chi connectivity index (χ1) is 4.48. The first-order valence-corrected chi connectivity index (χ1v) is 4.27. The highest BCUT2D eigenvalue weighted by atomic mass is 14.2. The quantitative estimate of drug-likeness (QED) is 0.558. The molecule has 0 amide bonds. The van der Waals surface area contributed by atoms with E-state index in [0.717, 1.165) is 0 Å². The summed E-state index contributed by atoms with van der Waals surface area (Å²) < 4.78 is 0. The van der Waals surface area contributed by atoms with Gasteiger partial charge in [-0.3, -0.25) is 0 Å². The summed E-state index contributed by atoms with van der Waals surface area (Å²) in [5, 5.41) is 0. The van der Waals surface area contributed by atoms with Crippen LogP contribution in [0.5, 0.6) is 0 Å². The molecule has 0 aliphatic heterocycles. The van der Waals surface area contributed by atoms with Crippen molar-refractivity contribution < 1.29 is 0 Å². The predicted octanol–water partition coefficient (Wildman–Crippen LogP) is 3.82. The van der Waals surface area contributed by atoms with Crippen molar-refractivity contribution in [3.8, 4) is 0 Å². The molecular formula is C10H21. The van der Waals surface area contributed by atoms with Gasteiger partial charge < -0.3 is 0 Å². The third-order valence-electron chi connectivity index (χ3n) is 2.26. The monoisotopic (exact) mass is 141 g/mol. The van der Waals surface area contributed by atoms with Crippen LogP contribution in [0.2, 0.25) is 0 Å². The molecule has 0 spiro atoms. The van der Waals surface area contributed by atoms with Gasteiger partial charge in [0.15, 0.2) is 0 Å². The zero-order valence-electron chi connectivity index (χ0n) is 8.12. The first-order valence-electron chi connectivity index (χ1n) is 4.27. The minimum Gasteiger partial charge on any atom is -0.0649 e. The van der Waals surface area contributed by atoms with Crippen LogP contribution in [-0.2, 0) is 0 Å². The van der Waals surface area contributed by atoms with E-state index in [2.05, 4.69) is 34.6 Å². The Hall–Kier alpha value is 0. The topological polar surface area (TPSA) is 0 Å². The minimum absolute atomic E-state index is 0.553. The maximum absolute atomic E-state index is 2.34. The number of hydrogen-bond acceptors (Lipinski definition) is 0. The lowest BCUT2D eigenvalue weighted by molar-refractivity contribution is 0.316. The van der Waals surface area contributed by atoms with E-state index in [4.69, 9.17) is 0 Å². The van der Waals surface area contributed by atoms with Gasteiger partial charge in [0.1, 0.15) is 0 Å². The summed E-state index contributed by atoms with van der Waals surface area (Å²) in [5.41, 5.74) is 0.553. The SMILES string of the molecule is CCC(C)(C)CC[C](C)C. The highest BCUT2D eigenvalue weighted by molar-refractivity contribution is 4.80. The van der Waals surface area contributed by atoms with Crippen LogP contribution in [0, 0.1) is 11.3 Å². The average Bonchev–Trinajstić information content (AvgIpc) is 1.85. The molecule has 0 bridgehead atoms. The van der Waals surface area contributed by atoms with Gasteiger partial charge in [-0.2, -0.15) is 0 Å². The normalized spacial score (nSPS) is 12.6. The van der Waals surface area contributed by atoms with Crippen LogP contribution in [0.15, 0.2) is 0 Å². The Kier molecular flexibility index (Phi) is 4.00. The molecule has 0 nitrogen and oxygen atoms in total. The van der Waals surface area contributed by atoms with Gasteiger partial charge in [0, 0.05) is 0 Å². The molecule has 10 heavy (non-hydrogen) atoms. The predicted molar refractivity (Wildman–Crippen MR) is 47.9 cm³/mol. The van der Waals surface area contributed by atoms with Crippen molar-refractivity contribution in [3.63, 3.8) is 0 Å². The molecule has 0 aliphatic carbocycles. The lowest BCUT2D eigenvalue weighted by atomic mass is 9.83. The molecule has 1 radical (unpaired) electrons. The van der Waals surface area contributed by atoms with Gasteiger partial charge in [0.2, 0.25) is 0 Å². The fourth-order valence-corrected chi connectivity index (χ4v) is 0.765. The van der Waals surface area contributed by atoms with Gasteiger partial charge in [-0.15, -0.1) is 0 Å². The van der Waals surface area contributed by atoms with Gasteiger partial charge >= 0.3 is 0 Å². The Labute approximate surface area is 66.0 Å². The zero-order valence-corrected chi connectivity index (χ0v) is 8.12. The fraction of sp³-hybridized carbons (Fsp3) is 0.900. The number of rotatable bonds is 4. The van der Waals surface area contributed by atoms with Gasteiger partial charge in [-0.05, 0) is 24.2 Å². The summed E-state index contributed by atoms with van der Waals surface area (Å²) >= 11 is 0. The molecule has 0 heteroatoms. The molecule has 0 aliphatic rings. The molecule has 0 aromatic rings. The van der Waals surface area contributed by atoms with E-state index in [1.807, 2.05) is 0 Å². The van der Waals surface area contributed by atoms with Gasteiger partial charge in [0.05, 0.1) is 0 Å². The van der Waals surface area contributed by atoms with Gasteiger partial charge in [0.25, 0.3) is 0 Å². The van der Waals surface area contributed by atoms with Crippen molar-refractivity contribution in [2.24, 2.45) is 5.41 Å². The summed E-state index contributed by atoms with van der Waals surface area (Å²) in [4.78, 5) is 0. The Balaban J connectivity index is 3.46. The second kappa shape index (κ2) is 4.00. The summed E-state index contributed by atoms with van der Waals surface area (Å²) in [5.74, 6) is 1.56. The molecule has 0 atom stereocenters. The molecule has 0 aromatic carbocycles. The van der Waals surface area contributed by atoms with Crippen molar-refractivity contribution in [3.05, 3.63) is 5.92 Å². The second-order valence-corrected chi connectivity index (χ2v) is 4.22. The molecule has 0 unspecified atom stereocenters. The van der Waals surface area contributed by atoms with Crippen LogP contribution in [0.25, 0.3) is 0 Å². The first kappa shape index (κ1) is 10.0. The molecule has 0 heterocycles. The summed E-state index contributed by atoms with van der Waals surface area (Å²) in [6.07, 6.45) is 3.92. The van der Waals surface area contributed by atoms with Crippen LogP contribution in [0.3, 0.4) is 0 Å². The maximum Gasteiger partial charge on any atom is -0.0303 e. The minimum atomic E-state index is 0.553. The van der Waals surface area contributed by atoms with Crippen LogP contribution < -0.4 is 0 Å². The molecule has 0 fully saturated rings. The van der Waals surface area contributed by atoms with Gasteiger partial charge in [-0.25, -0.2) is 0 Å². The van der Waals surface area contributed by atoms with Crippen LogP contribution >= 0.6 is 0 Å². The lowest BCUT2D eigenvalue weighted by Gasteiger charge is -2.23. The smallest absolute Gasteiger partial charge is 0.0303 e. The van der Waals surface area contributed by atoms with Crippen LogP contribution in [-0.4, -0.2) is 0 Å². The Morgan fingerprint density at radius 2 is 1.70 bits per heavy atom. The fourth-order valence-electron chi connectivity index (χ4n) is 0.765. The summed E-state index contributed by atoms with van der Waals surface area (Å²) in [6.45, 7) is 11.4. The van der Waals surface area contributed by atoms with Crippen LogP contribution in [0.1, 0.15) is 53.9 Å². The average molecular weight is 141 g/mol. The van der Waals surface area contributed by atoms with E-state index in [9.17, 15) is 0 Å². The third-order valence-corrected chi connectivity index (χ3v) is 2.26. The van der Waals surface area contributed by atoms with Crippen molar-refractivity contribution in [2.75, 3.05) is 0 Å². The van der Waals surface area contributed by atoms with Crippen molar-refractivity contribution >= 4 is 0 Å². The number of hydrogen-bond donors (Lipinski definition) is 0. The maximum atomic E-state index is 2.34. The van der Waals surface area contributed by atoms with Crippen LogP contribution in [0.4, 0.5) is 0 Å². The summed E-state index contributed by atoms with van der Waals surface area (Å²) in [6, 6.07) is 0. The second-order valence-electron chi connectivity index (χ2n) is 4.22. The largest absolute Gasteiger partial charge is 0.0649 e. The molecule has 0 aromatic heterocycles. The van der Waals surface area contributed by atoms with E-state index in [-0.39, 0.29) is 0 Å². The highest BCUT2D eigenvalue weighted by Gasteiger charge is 2.14. The van der Waals surface area contributed by atoms with E-state index >= 15 is 0 Å². The molecule has 0 saturated heterocycles. The van der Waals surface area contributed by atoms with Crippen molar-refractivity contribution in [2.45, 2.75) is 53.9 Å². The van der Waals surface area contributed by atoms with Gasteiger partial charge in [-0.1, -0.05) is 41.0 Å².